The summed E-state index contributed by atoms with van der Waals surface area (Å²) in [5, 5.41) is 10.2. The van der Waals surface area contributed by atoms with E-state index < -0.39 is 10.0 Å². The van der Waals surface area contributed by atoms with Crippen LogP contribution in [0.3, 0.4) is 0 Å². The van der Waals surface area contributed by atoms with Crippen molar-refractivity contribution in [1.82, 2.24) is 0 Å². The molecule has 1 fully saturated rings. The number of nitrogens with zero attached hydrogens (tertiary/aromatic N) is 2. The third-order valence-corrected chi connectivity index (χ3v) is 8.23. The number of fused-ring (bicyclic) bond motifs is 1. The van der Waals surface area contributed by atoms with Gasteiger partial charge in [0.1, 0.15) is 5.75 Å². The molecule has 2 unspecified atom stereocenters. The molecule has 35 heavy (non-hydrogen) atoms. The van der Waals surface area contributed by atoms with Crippen LogP contribution in [0, 0.1) is 11.3 Å². The van der Waals surface area contributed by atoms with Crippen molar-refractivity contribution in [2.45, 2.75) is 64.0 Å². The molecule has 1 saturated carbocycles. The van der Waals surface area contributed by atoms with Crippen molar-refractivity contribution >= 4 is 21.4 Å². The van der Waals surface area contributed by atoms with Crippen molar-refractivity contribution in [2.75, 3.05) is 35.2 Å². The fourth-order valence-corrected chi connectivity index (χ4v) is 6.04. The molecule has 2 aromatic rings. The Kier molecular flexibility index (Phi) is 8.19. The van der Waals surface area contributed by atoms with Crippen LogP contribution in [0.25, 0.3) is 0 Å². The van der Waals surface area contributed by atoms with Gasteiger partial charge in [0.15, 0.2) is 0 Å². The second-order valence-corrected chi connectivity index (χ2v) is 11.0. The Morgan fingerprint density at radius 2 is 1.89 bits per heavy atom. The van der Waals surface area contributed by atoms with Crippen molar-refractivity contribution in [2.24, 2.45) is 0 Å². The Bertz CT molecular complexity index is 1140. The predicted octanol–water partition coefficient (Wildman–Crippen LogP) is 5.36. The average molecular weight is 498 g/mol. The van der Waals surface area contributed by atoms with Gasteiger partial charge in [0.05, 0.1) is 30.4 Å². The molecule has 188 valence electrons. The molecule has 2 aromatic carbocycles. The zero-order valence-electron chi connectivity index (χ0n) is 20.6. The number of nitriles is 1. The molecule has 1 aliphatic carbocycles. The van der Waals surface area contributed by atoms with E-state index in [0.717, 1.165) is 41.8 Å². The summed E-state index contributed by atoms with van der Waals surface area (Å²) in [6, 6.07) is 16.4. The van der Waals surface area contributed by atoms with Crippen LogP contribution in [0.15, 0.2) is 42.5 Å². The minimum Gasteiger partial charge on any atom is -0.493 e. The highest BCUT2D eigenvalue weighted by Crippen LogP contribution is 2.53. The minimum atomic E-state index is -3.35. The zero-order valence-corrected chi connectivity index (χ0v) is 21.4. The normalized spacial score (nSPS) is 19.6. The number of benzene rings is 2. The van der Waals surface area contributed by atoms with Crippen LogP contribution in [0.5, 0.6) is 5.75 Å². The number of nitrogens with one attached hydrogen (secondary N) is 1. The molecule has 1 aliphatic heterocycles. The van der Waals surface area contributed by atoms with Gasteiger partial charge in [-0.15, -0.1) is 0 Å². The smallest absolute Gasteiger partial charge is 0.232 e. The summed E-state index contributed by atoms with van der Waals surface area (Å²) >= 11 is 0. The first-order valence-corrected chi connectivity index (χ1v) is 14.3. The maximum atomic E-state index is 12.2. The van der Waals surface area contributed by atoms with Crippen LogP contribution in [0.1, 0.15) is 69.0 Å². The predicted molar refractivity (Wildman–Crippen MR) is 138 cm³/mol. The topological polar surface area (TPSA) is 91.7 Å². The largest absolute Gasteiger partial charge is 0.493 e. The van der Waals surface area contributed by atoms with Crippen LogP contribution >= 0.6 is 0 Å². The van der Waals surface area contributed by atoms with Gasteiger partial charge in [-0.2, -0.15) is 5.26 Å². The van der Waals surface area contributed by atoms with Crippen molar-refractivity contribution in [1.29, 1.82) is 5.26 Å². The van der Waals surface area contributed by atoms with Crippen LogP contribution in [-0.2, 0) is 14.8 Å². The van der Waals surface area contributed by atoms with Gasteiger partial charge < -0.3 is 14.4 Å². The van der Waals surface area contributed by atoms with Crippen molar-refractivity contribution < 1.29 is 17.9 Å². The van der Waals surface area contributed by atoms with Crippen LogP contribution < -0.4 is 14.4 Å². The molecule has 7 nitrogen and oxygen atoms in total. The maximum Gasteiger partial charge on any atom is 0.232 e. The SMILES string of the molecule is CCCS(=O)(=O)Nc1ccc(C2C(C#N)c3ccc(OCCCOCC)cc3N2C2CCC2)cc1. The third kappa shape index (κ3) is 5.74. The van der Waals surface area contributed by atoms with Crippen molar-refractivity contribution in [3.63, 3.8) is 0 Å². The number of hydrogen-bond acceptors (Lipinski definition) is 6. The highest BCUT2D eigenvalue weighted by atomic mass is 32.2. The average Bonchev–Trinajstić information content (AvgIpc) is 3.11. The lowest BCUT2D eigenvalue weighted by molar-refractivity contribution is 0.131. The van der Waals surface area contributed by atoms with Crippen molar-refractivity contribution in [3.05, 3.63) is 53.6 Å². The molecule has 2 aliphatic rings. The Balaban J connectivity index is 1.58. The number of sulfonamides is 1. The summed E-state index contributed by atoms with van der Waals surface area (Å²) < 4.78 is 38.3. The lowest BCUT2D eigenvalue weighted by atomic mass is 9.87. The van der Waals surface area contributed by atoms with Crippen LogP contribution in [0.2, 0.25) is 0 Å². The highest BCUT2D eigenvalue weighted by molar-refractivity contribution is 7.92. The molecule has 0 bridgehead atoms. The summed E-state index contributed by atoms with van der Waals surface area (Å²) in [6.07, 6.45) is 4.78. The Morgan fingerprint density at radius 1 is 1.11 bits per heavy atom. The molecular weight excluding hydrogens is 462 g/mol. The zero-order chi connectivity index (χ0) is 24.8. The quantitative estimate of drug-likeness (QED) is 0.397. The molecule has 0 saturated heterocycles. The van der Waals surface area contributed by atoms with Gasteiger partial charge in [-0.25, -0.2) is 8.42 Å². The van der Waals surface area contributed by atoms with E-state index in [-0.39, 0.29) is 17.7 Å². The number of hydrogen-bond donors (Lipinski definition) is 1. The first-order valence-electron chi connectivity index (χ1n) is 12.6. The molecule has 0 spiro atoms. The summed E-state index contributed by atoms with van der Waals surface area (Å²) in [6.45, 7) is 5.80. The molecule has 8 heteroatoms. The van der Waals surface area contributed by atoms with Gasteiger partial charge in [-0.3, -0.25) is 4.72 Å². The highest BCUT2D eigenvalue weighted by Gasteiger charge is 2.44. The molecule has 0 aromatic heterocycles. The van der Waals surface area contributed by atoms with Gasteiger partial charge in [-0.1, -0.05) is 25.1 Å². The van der Waals surface area contributed by atoms with Crippen LogP contribution in [-0.4, -0.2) is 40.0 Å². The Labute approximate surface area is 209 Å². The second-order valence-electron chi connectivity index (χ2n) is 9.21. The van der Waals surface area contributed by atoms with Gasteiger partial charge in [0.2, 0.25) is 10.0 Å². The molecule has 0 amide bonds. The lowest BCUT2D eigenvalue weighted by Gasteiger charge is -2.41. The minimum absolute atomic E-state index is 0.0919. The molecule has 0 radical (unpaired) electrons. The van der Waals surface area contributed by atoms with E-state index >= 15 is 0 Å². The molecule has 1 N–H and O–H groups in total. The first kappa shape index (κ1) is 25.3. The Morgan fingerprint density at radius 3 is 2.51 bits per heavy atom. The van der Waals surface area contributed by atoms with Gasteiger partial charge in [-0.05, 0) is 61.9 Å². The van der Waals surface area contributed by atoms with E-state index in [4.69, 9.17) is 9.47 Å². The fraction of sp³-hybridized carbons (Fsp3) is 0.519. The lowest BCUT2D eigenvalue weighted by Crippen LogP contribution is -2.41. The van der Waals surface area contributed by atoms with Gasteiger partial charge >= 0.3 is 0 Å². The van der Waals surface area contributed by atoms with Crippen LogP contribution in [0.4, 0.5) is 11.4 Å². The number of anilines is 2. The standard InChI is InChI=1S/C27H35N3O4S/c1-3-17-35(31,32)29-21-11-9-20(10-12-21)27-25(19-28)24-14-13-23(34-16-6-15-33-4-2)18-26(24)30(27)22-7-5-8-22/h9-14,18,22,25,27,29H,3-8,15-17H2,1-2H3. The van der Waals surface area contributed by atoms with E-state index in [1.807, 2.05) is 38.1 Å². The monoisotopic (exact) mass is 497 g/mol. The van der Waals surface area contributed by atoms with E-state index in [9.17, 15) is 13.7 Å². The summed E-state index contributed by atoms with van der Waals surface area (Å²) in [4.78, 5) is 2.40. The Hall–Kier alpha value is -2.76. The molecule has 2 atom stereocenters. The molecular formula is C27H35N3O4S. The van der Waals surface area contributed by atoms with E-state index in [0.29, 0.717) is 38.0 Å². The van der Waals surface area contributed by atoms with E-state index in [1.165, 1.54) is 6.42 Å². The summed E-state index contributed by atoms with van der Waals surface area (Å²) in [5.74, 6) is 0.595. The molecule has 1 heterocycles. The van der Waals surface area contributed by atoms with E-state index in [2.05, 4.69) is 21.8 Å². The first-order chi connectivity index (χ1) is 17.0. The van der Waals surface area contributed by atoms with Gasteiger partial charge in [0.25, 0.3) is 0 Å². The maximum absolute atomic E-state index is 12.2. The van der Waals surface area contributed by atoms with Crippen molar-refractivity contribution in [3.8, 4) is 11.8 Å². The number of ether oxygens (including phenoxy) is 2. The van der Waals surface area contributed by atoms with Gasteiger partial charge in [0, 0.05) is 43.1 Å². The third-order valence-electron chi connectivity index (χ3n) is 6.74. The summed E-state index contributed by atoms with van der Waals surface area (Å²) in [5.41, 5.74) is 3.65. The fourth-order valence-electron chi connectivity index (χ4n) is 4.91. The summed E-state index contributed by atoms with van der Waals surface area (Å²) in [7, 11) is -3.35. The molecule has 4 rings (SSSR count). The van der Waals surface area contributed by atoms with E-state index in [1.54, 1.807) is 12.1 Å². The number of rotatable bonds is 12. The second kappa shape index (κ2) is 11.3.